The Morgan fingerprint density at radius 2 is 2.19 bits per heavy atom. The molecule has 6 nitrogen and oxygen atoms in total. The number of para-hydroxylation sites is 1. The van der Waals surface area contributed by atoms with Crippen molar-refractivity contribution < 1.29 is 14.3 Å². The lowest BCUT2D eigenvalue weighted by atomic mass is 10.2. The van der Waals surface area contributed by atoms with Gasteiger partial charge in [-0.15, -0.1) is 0 Å². The minimum atomic E-state index is -0.429. The molecule has 6 heteroatoms. The van der Waals surface area contributed by atoms with Gasteiger partial charge in [0.05, 0.1) is 17.8 Å². The molecule has 0 aliphatic carbocycles. The molecule has 1 aromatic carbocycles. The molecule has 0 amide bonds. The highest BCUT2D eigenvalue weighted by molar-refractivity contribution is 5.89. The number of carbonyl (C=O) groups is 1. The van der Waals surface area contributed by atoms with Crippen molar-refractivity contribution >= 4 is 22.7 Å². The van der Waals surface area contributed by atoms with Crippen LogP contribution in [0, 0.1) is 0 Å². The van der Waals surface area contributed by atoms with E-state index in [0.29, 0.717) is 36.7 Å². The number of imidazole rings is 1. The number of benzene rings is 1. The van der Waals surface area contributed by atoms with Crippen LogP contribution in [0.25, 0.3) is 11.0 Å². The van der Waals surface area contributed by atoms with E-state index in [1.165, 1.54) is 0 Å². The summed E-state index contributed by atoms with van der Waals surface area (Å²) in [6, 6.07) is 5.12. The number of esters is 1. The molecule has 1 heterocycles. The fourth-order valence-corrected chi connectivity index (χ4v) is 2.46. The van der Waals surface area contributed by atoms with Gasteiger partial charge in [-0.1, -0.05) is 13.0 Å². The van der Waals surface area contributed by atoms with E-state index in [1.54, 1.807) is 20.1 Å². The van der Waals surface area contributed by atoms with E-state index >= 15 is 0 Å². The number of nitrogens with two attached hydrogens (primary N) is 1. The predicted octanol–water partition coefficient (Wildman–Crippen LogP) is 2.28. The van der Waals surface area contributed by atoms with Crippen LogP contribution in [-0.2, 0) is 20.9 Å². The average Bonchev–Trinajstić information content (AvgIpc) is 2.81. The summed E-state index contributed by atoms with van der Waals surface area (Å²) in [6.45, 7) is 4.40. The van der Waals surface area contributed by atoms with Crippen LogP contribution in [0.5, 0.6) is 0 Å². The van der Waals surface area contributed by atoms with Crippen molar-refractivity contribution in [3.05, 3.63) is 24.0 Å². The molecule has 21 heavy (non-hydrogen) atoms. The van der Waals surface area contributed by atoms with Crippen molar-refractivity contribution in [2.75, 3.05) is 19.5 Å². The van der Waals surface area contributed by atoms with Gasteiger partial charge in [-0.2, -0.15) is 0 Å². The van der Waals surface area contributed by atoms with Gasteiger partial charge in [-0.25, -0.2) is 9.78 Å². The fraction of sp³-hybridized carbons (Fsp3) is 0.467. The first-order valence-corrected chi connectivity index (χ1v) is 7.04. The summed E-state index contributed by atoms with van der Waals surface area (Å²) in [7, 11) is 1.60. The Morgan fingerprint density at radius 1 is 1.43 bits per heavy atom. The Morgan fingerprint density at radius 3 is 2.81 bits per heavy atom. The molecular weight excluding hydrogens is 270 g/mol. The zero-order valence-electron chi connectivity index (χ0n) is 12.6. The Balaban J connectivity index is 2.60. The molecule has 1 aromatic heterocycles. The first-order valence-electron chi connectivity index (χ1n) is 7.04. The second kappa shape index (κ2) is 6.58. The SMILES string of the molecule is CCOC(=O)C(CC)n1c(COC)nc2c(N)cccc21. The number of aromatic nitrogens is 2. The maximum absolute atomic E-state index is 12.2. The summed E-state index contributed by atoms with van der Waals surface area (Å²) >= 11 is 0. The molecule has 0 saturated carbocycles. The Kier molecular flexibility index (Phi) is 4.80. The van der Waals surface area contributed by atoms with Crippen LogP contribution in [0.2, 0.25) is 0 Å². The summed E-state index contributed by atoms with van der Waals surface area (Å²) in [5.41, 5.74) is 8.07. The molecule has 114 valence electrons. The van der Waals surface area contributed by atoms with Gasteiger partial charge in [-0.3, -0.25) is 0 Å². The van der Waals surface area contributed by atoms with Crippen LogP contribution in [0.15, 0.2) is 18.2 Å². The molecule has 0 saturated heterocycles. The van der Waals surface area contributed by atoms with Gasteiger partial charge in [0.25, 0.3) is 0 Å². The number of anilines is 1. The van der Waals surface area contributed by atoms with Gasteiger partial charge in [0.15, 0.2) is 0 Å². The average molecular weight is 291 g/mol. The molecule has 2 N–H and O–H groups in total. The number of carbonyl (C=O) groups excluding carboxylic acids is 1. The molecular formula is C15H21N3O3. The first-order chi connectivity index (χ1) is 10.1. The van der Waals surface area contributed by atoms with Crippen LogP contribution >= 0.6 is 0 Å². The van der Waals surface area contributed by atoms with Crippen molar-refractivity contribution in [3.8, 4) is 0 Å². The molecule has 0 spiro atoms. The Labute approximate surface area is 123 Å². The van der Waals surface area contributed by atoms with E-state index in [4.69, 9.17) is 15.2 Å². The van der Waals surface area contributed by atoms with Crippen LogP contribution in [0.3, 0.4) is 0 Å². The van der Waals surface area contributed by atoms with Gasteiger partial charge in [0.2, 0.25) is 0 Å². The number of rotatable bonds is 6. The molecule has 0 aliphatic rings. The Hall–Kier alpha value is -2.08. The van der Waals surface area contributed by atoms with E-state index in [1.807, 2.05) is 23.6 Å². The summed E-state index contributed by atoms with van der Waals surface area (Å²) in [5, 5.41) is 0. The zero-order valence-corrected chi connectivity index (χ0v) is 12.6. The van der Waals surface area contributed by atoms with E-state index in [9.17, 15) is 4.79 Å². The van der Waals surface area contributed by atoms with Gasteiger partial charge in [0.1, 0.15) is 24.0 Å². The third-order valence-electron chi connectivity index (χ3n) is 3.35. The topological polar surface area (TPSA) is 79.4 Å². The molecule has 2 aromatic rings. The van der Waals surface area contributed by atoms with Gasteiger partial charge < -0.3 is 19.8 Å². The third-order valence-corrected chi connectivity index (χ3v) is 3.35. The second-order valence-corrected chi connectivity index (χ2v) is 4.72. The lowest BCUT2D eigenvalue weighted by Gasteiger charge is -2.18. The number of fused-ring (bicyclic) bond motifs is 1. The fourth-order valence-electron chi connectivity index (χ4n) is 2.46. The summed E-state index contributed by atoms with van der Waals surface area (Å²) in [4.78, 5) is 16.7. The summed E-state index contributed by atoms with van der Waals surface area (Å²) < 4.78 is 12.2. The van der Waals surface area contributed by atoms with Crippen molar-refractivity contribution in [1.82, 2.24) is 9.55 Å². The number of methoxy groups -OCH3 is 1. The molecule has 0 radical (unpaired) electrons. The highest BCUT2D eigenvalue weighted by atomic mass is 16.5. The van der Waals surface area contributed by atoms with Crippen molar-refractivity contribution in [2.45, 2.75) is 32.9 Å². The smallest absolute Gasteiger partial charge is 0.329 e. The van der Waals surface area contributed by atoms with Crippen molar-refractivity contribution in [2.24, 2.45) is 0 Å². The molecule has 1 atom stereocenters. The van der Waals surface area contributed by atoms with Gasteiger partial charge >= 0.3 is 5.97 Å². The predicted molar refractivity (Wildman–Crippen MR) is 80.8 cm³/mol. The van der Waals surface area contributed by atoms with Gasteiger partial charge in [0, 0.05) is 7.11 Å². The van der Waals surface area contributed by atoms with Crippen LogP contribution in [-0.4, -0.2) is 29.2 Å². The minimum absolute atomic E-state index is 0.265. The largest absolute Gasteiger partial charge is 0.464 e. The molecule has 0 aliphatic heterocycles. The van der Waals surface area contributed by atoms with Gasteiger partial charge in [-0.05, 0) is 25.5 Å². The lowest BCUT2D eigenvalue weighted by Crippen LogP contribution is -2.23. The number of hydrogen-bond donors (Lipinski definition) is 1. The highest BCUT2D eigenvalue weighted by Gasteiger charge is 2.25. The standard InChI is InChI=1S/C15H21N3O3/c1-4-11(15(19)21-5-2)18-12-8-6-7-10(16)14(12)17-13(18)9-20-3/h6-8,11H,4-5,9,16H2,1-3H3. The molecule has 0 bridgehead atoms. The van der Waals surface area contributed by atoms with E-state index in [0.717, 1.165) is 5.52 Å². The molecule has 2 rings (SSSR count). The normalized spacial score (nSPS) is 12.5. The lowest BCUT2D eigenvalue weighted by molar-refractivity contribution is -0.147. The molecule has 1 unspecified atom stereocenters. The monoisotopic (exact) mass is 291 g/mol. The van der Waals surface area contributed by atoms with E-state index < -0.39 is 6.04 Å². The number of nitrogens with zero attached hydrogens (tertiary/aromatic N) is 2. The van der Waals surface area contributed by atoms with Crippen molar-refractivity contribution in [3.63, 3.8) is 0 Å². The third kappa shape index (κ3) is 2.85. The second-order valence-electron chi connectivity index (χ2n) is 4.72. The van der Waals surface area contributed by atoms with E-state index in [2.05, 4.69) is 4.98 Å². The summed E-state index contributed by atoms with van der Waals surface area (Å²) in [6.07, 6.45) is 0.607. The maximum Gasteiger partial charge on any atom is 0.329 e. The summed E-state index contributed by atoms with van der Waals surface area (Å²) in [5.74, 6) is 0.407. The highest BCUT2D eigenvalue weighted by Crippen LogP contribution is 2.28. The minimum Gasteiger partial charge on any atom is -0.464 e. The maximum atomic E-state index is 12.2. The zero-order chi connectivity index (χ0) is 15.4. The number of nitrogen functional groups attached to an aromatic ring is 1. The number of ether oxygens (including phenoxy) is 2. The Bertz CT molecular complexity index is 636. The molecule has 0 fully saturated rings. The van der Waals surface area contributed by atoms with Crippen molar-refractivity contribution in [1.29, 1.82) is 0 Å². The van der Waals surface area contributed by atoms with Crippen LogP contribution in [0.1, 0.15) is 32.1 Å². The van der Waals surface area contributed by atoms with Crippen LogP contribution < -0.4 is 5.73 Å². The van der Waals surface area contributed by atoms with E-state index in [-0.39, 0.29) is 5.97 Å². The van der Waals surface area contributed by atoms with Crippen LogP contribution in [0.4, 0.5) is 5.69 Å². The first kappa shape index (κ1) is 15.3. The quantitative estimate of drug-likeness (QED) is 0.652. The number of hydrogen-bond acceptors (Lipinski definition) is 5.